The summed E-state index contributed by atoms with van der Waals surface area (Å²) in [5.41, 5.74) is 0. The molecule has 1 aliphatic carbocycles. The molecule has 16 heavy (non-hydrogen) atoms. The predicted octanol–water partition coefficient (Wildman–Crippen LogP) is 1.54. The molecular weight excluding hydrogens is 226 g/mol. The smallest absolute Gasteiger partial charge is 0.310 e. The van der Waals surface area contributed by atoms with Gasteiger partial charge in [0.2, 0.25) is 5.13 Å². The van der Waals surface area contributed by atoms with Gasteiger partial charge in [-0.1, -0.05) is 19.1 Å². The lowest BCUT2D eigenvalue weighted by molar-refractivity contribution is -0.140. The van der Waals surface area contributed by atoms with Crippen molar-refractivity contribution in [3.05, 3.63) is 18.0 Å². The second-order valence-electron chi connectivity index (χ2n) is 3.69. The topological polar surface area (TPSA) is 75.1 Å². The molecule has 0 aromatic carbocycles. The highest BCUT2D eigenvalue weighted by Crippen LogP contribution is 2.22. The van der Waals surface area contributed by atoms with Crippen LogP contribution in [0.3, 0.4) is 0 Å². The zero-order valence-corrected chi connectivity index (χ0v) is 9.70. The van der Waals surface area contributed by atoms with Gasteiger partial charge in [0.25, 0.3) is 0 Å². The number of aliphatic carboxylic acids is 1. The van der Waals surface area contributed by atoms with E-state index in [0.717, 1.165) is 17.4 Å². The van der Waals surface area contributed by atoms with E-state index in [1.807, 2.05) is 13.0 Å². The largest absolute Gasteiger partial charge is 0.481 e. The molecule has 2 N–H and O–H groups in total. The Bertz CT molecular complexity index is 416. The third kappa shape index (κ3) is 2.38. The summed E-state index contributed by atoms with van der Waals surface area (Å²) in [7, 11) is 0. The molecule has 0 saturated heterocycles. The van der Waals surface area contributed by atoms with Gasteiger partial charge in [-0.2, -0.15) is 4.37 Å². The Morgan fingerprint density at radius 1 is 1.69 bits per heavy atom. The van der Waals surface area contributed by atoms with Gasteiger partial charge in [-0.25, -0.2) is 4.98 Å². The number of hydrogen-bond donors (Lipinski definition) is 2. The fraction of sp³-hybridized carbons (Fsp3) is 0.500. The maximum Gasteiger partial charge on any atom is 0.310 e. The van der Waals surface area contributed by atoms with Crippen LogP contribution in [0, 0.1) is 5.92 Å². The lowest BCUT2D eigenvalue weighted by atomic mass is 10.1. The molecule has 0 aliphatic heterocycles. The van der Waals surface area contributed by atoms with E-state index in [9.17, 15) is 4.79 Å². The summed E-state index contributed by atoms with van der Waals surface area (Å²) in [6.07, 6.45) is 5.00. The number of nitrogens with zero attached hydrogens (tertiary/aromatic N) is 2. The molecule has 0 radical (unpaired) electrons. The molecule has 0 spiro atoms. The molecule has 1 heterocycles. The lowest BCUT2D eigenvalue weighted by Crippen LogP contribution is -2.18. The summed E-state index contributed by atoms with van der Waals surface area (Å²) in [5, 5.41) is 12.8. The van der Waals surface area contributed by atoms with Crippen LogP contribution < -0.4 is 5.32 Å². The van der Waals surface area contributed by atoms with Gasteiger partial charge in [-0.3, -0.25) is 4.79 Å². The van der Waals surface area contributed by atoms with Gasteiger partial charge in [-0.05, 0) is 6.42 Å². The zero-order valence-electron chi connectivity index (χ0n) is 8.88. The van der Waals surface area contributed by atoms with Crippen LogP contribution in [-0.2, 0) is 11.2 Å². The minimum absolute atomic E-state index is 0.0544. The van der Waals surface area contributed by atoms with Crippen LogP contribution in [0.1, 0.15) is 19.2 Å². The molecule has 2 unspecified atom stereocenters. The van der Waals surface area contributed by atoms with Crippen LogP contribution in [0.15, 0.2) is 12.2 Å². The van der Waals surface area contributed by atoms with Crippen molar-refractivity contribution in [1.82, 2.24) is 9.36 Å². The van der Waals surface area contributed by atoms with E-state index in [1.54, 1.807) is 6.08 Å². The van der Waals surface area contributed by atoms with Crippen molar-refractivity contribution < 1.29 is 9.90 Å². The molecular formula is C10H13N3O2S. The van der Waals surface area contributed by atoms with Crippen LogP contribution in [0.4, 0.5) is 5.13 Å². The summed E-state index contributed by atoms with van der Waals surface area (Å²) < 4.78 is 4.16. The van der Waals surface area contributed by atoms with E-state index in [2.05, 4.69) is 14.7 Å². The molecule has 1 aromatic rings. The number of rotatable bonds is 4. The fourth-order valence-corrected chi connectivity index (χ4v) is 2.32. The second-order valence-corrected chi connectivity index (χ2v) is 4.44. The van der Waals surface area contributed by atoms with Crippen molar-refractivity contribution in [3.8, 4) is 0 Å². The first-order valence-corrected chi connectivity index (χ1v) is 5.96. The van der Waals surface area contributed by atoms with Crippen molar-refractivity contribution >= 4 is 22.6 Å². The van der Waals surface area contributed by atoms with Gasteiger partial charge in [-0.15, -0.1) is 0 Å². The van der Waals surface area contributed by atoms with Gasteiger partial charge in [0, 0.05) is 24.0 Å². The van der Waals surface area contributed by atoms with Crippen LogP contribution in [-0.4, -0.2) is 26.5 Å². The maximum atomic E-state index is 10.7. The summed E-state index contributed by atoms with van der Waals surface area (Å²) in [6, 6.07) is 0.0544. The second kappa shape index (κ2) is 4.61. The van der Waals surface area contributed by atoms with Crippen molar-refractivity contribution in [3.63, 3.8) is 0 Å². The number of hydrogen-bond acceptors (Lipinski definition) is 5. The van der Waals surface area contributed by atoms with Crippen LogP contribution in [0.25, 0.3) is 0 Å². The first-order chi connectivity index (χ1) is 7.69. The molecule has 1 aliphatic rings. The number of anilines is 1. The highest BCUT2D eigenvalue weighted by molar-refractivity contribution is 7.09. The van der Waals surface area contributed by atoms with E-state index in [4.69, 9.17) is 5.11 Å². The maximum absolute atomic E-state index is 10.7. The van der Waals surface area contributed by atoms with Crippen molar-refractivity contribution in [2.45, 2.75) is 25.8 Å². The molecule has 0 bridgehead atoms. The number of carboxylic acids is 1. The SMILES string of the molecule is CCc1nsc(NC2C=CC(C(=O)O)C2)n1. The minimum Gasteiger partial charge on any atom is -0.481 e. The van der Waals surface area contributed by atoms with Crippen LogP contribution in [0.5, 0.6) is 0 Å². The Morgan fingerprint density at radius 3 is 3.06 bits per heavy atom. The lowest BCUT2D eigenvalue weighted by Gasteiger charge is -2.09. The highest BCUT2D eigenvalue weighted by Gasteiger charge is 2.24. The summed E-state index contributed by atoms with van der Waals surface area (Å²) >= 11 is 1.32. The Hall–Kier alpha value is -1.43. The summed E-state index contributed by atoms with van der Waals surface area (Å²) in [4.78, 5) is 15.0. The van der Waals surface area contributed by atoms with E-state index in [1.165, 1.54) is 11.5 Å². The van der Waals surface area contributed by atoms with Gasteiger partial charge in [0.1, 0.15) is 5.82 Å². The fourth-order valence-electron chi connectivity index (χ4n) is 1.60. The normalized spacial score (nSPS) is 23.6. The number of aryl methyl sites for hydroxylation is 1. The quantitative estimate of drug-likeness (QED) is 0.779. The molecule has 6 heteroatoms. The molecule has 2 rings (SSSR count). The van der Waals surface area contributed by atoms with Gasteiger partial charge >= 0.3 is 5.97 Å². The Kier molecular flexibility index (Phi) is 3.19. The number of aromatic nitrogens is 2. The number of carboxylic acid groups (broad SMARTS) is 1. The van der Waals surface area contributed by atoms with E-state index < -0.39 is 5.97 Å². The first-order valence-electron chi connectivity index (χ1n) is 5.19. The van der Waals surface area contributed by atoms with E-state index in [0.29, 0.717) is 6.42 Å². The molecule has 0 fully saturated rings. The van der Waals surface area contributed by atoms with Crippen LogP contribution in [0.2, 0.25) is 0 Å². The molecule has 1 aromatic heterocycles. The van der Waals surface area contributed by atoms with E-state index in [-0.39, 0.29) is 12.0 Å². The monoisotopic (exact) mass is 239 g/mol. The molecule has 2 atom stereocenters. The van der Waals surface area contributed by atoms with Crippen LogP contribution >= 0.6 is 11.5 Å². The van der Waals surface area contributed by atoms with Crippen molar-refractivity contribution in [2.24, 2.45) is 5.92 Å². The Balaban J connectivity index is 1.92. The molecule has 86 valence electrons. The van der Waals surface area contributed by atoms with Gasteiger partial charge in [0.05, 0.1) is 5.92 Å². The summed E-state index contributed by atoms with van der Waals surface area (Å²) in [5.74, 6) is -0.326. The van der Waals surface area contributed by atoms with Gasteiger partial charge < -0.3 is 10.4 Å². The third-order valence-corrected chi connectivity index (χ3v) is 3.18. The first kappa shape index (κ1) is 11.1. The Labute approximate surface area is 97.4 Å². The average Bonchev–Trinajstić information content (AvgIpc) is 2.87. The molecule has 0 amide bonds. The minimum atomic E-state index is -0.771. The molecule has 5 nitrogen and oxygen atoms in total. The highest BCUT2D eigenvalue weighted by atomic mass is 32.1. The van der Waals surface area contributed by atoms with Gasteiger partial charge in [0.15, 0.2) is 0 Å². The van der Waals surface area contributed by atoms with E-state index >= 15 is 0 Å². The third-order valence-electron chi connectivity index (χ3n) is 2.49. The molecule has 0 saturated carbocycles. The zero-order chi connectivity index (χ0) is 11.5. The standard InChI is InChI=1S/C10H13N3O2S/c1-2-8-12-10(16-13-8)11-7-4-3-6(5-7)9(14)15/h3-4,6-7H,2,5H2,1H3,(H,14,15)(H,11,12,13). The average molecular weight is 239 g/mol. The summed E-state index contributed by atoms with van der Waals surface area (Å²) in [6.45, 7) is 2.00. The van der Waals surface area contributed by atoms with Crippen molar-refractivity contribution in [1.29, 1.82) is 0 Å². The predicted molar refractivity (Wildman–Crippen MR) is 61.6 cm³/mol. The van der Waals surface area contributed by atoms with Crippen molar-refractivity contribution in [2.75, 3.05) is 5.32 Å². The number of nitrogens with one attached hydrogen (secondary N) is 1. The Morgan fingerprint density at radius 2 is 2.50 bits per heavy atom. The number of carbonyl (C=O) groups is 1.